The third kappa shape index (κ3) is 4.79. The number of aliphatic hydroxyl groups excluding tert-OH is 1. The van der Waals surface area contributed by atoms with Crippen molar-refractivity contribution in [2.24, 2.45) is 17.8 Å². The van der Waals surface area contributed by atoms with Crippen LogP contribution in [-0.4, -0.2) is 61.9 Å². The highest BCUT2D eigenvalue weighted by Gasteiger charge is 2.65. The molecule has 0 fully saturated rings. The molecule has 46 heavy (non-hydrogen) atoms. The SMILES string of the molecule is COC(=O)c1nc2oc1C13c4cc(ccc4O[C@@H]1N(S(C)(=O)=O)c1ccccc13)CC(CC(=O)[C@@H](O)C(C)C)C(=O)N[C@H]2C(C)C. The Hall–Kier alpha value is -4.23. The molecular formula is C33H37N3O9S. The second-order valence-corrected chi connectivity index (χ2v) is 14.8. The molecule has 3 aliphatic heterocycles. The quantitative estimate of drug-likeness (QED) is 0.362. The largest absolute Gasteiger partial charge is 0.467 e. The molecule has 3 aromatic rings. The van der Waals surface area contributed by atoms with E-state index in [1.165, 1.54) is 11.4 Å². The number of nitrogens with one attached hydrogen (secondary N) is 1. The van der Waals surface area contributed by atoms with Gasteiger partial charge in [-0.3, -0.25) is 9.59 Å². The van der Waals surface area contributed by atoms with Crippen molar-refractivity contribution >= 4 is 33.4 Å². The van der Waals surface area contributed by atoms with E-state index in [4.69, 9.17) is 13.9 Å². The summed E-state index contributed by atoms with van der Waals surface area (Å²) in [5.74, 6) is -2.80. The van der Waals surface area contributed by atoms with Crippen molar-refractivity contribution in [1.82, 2.24) is 10.3 Å². The Morgan fingerprint density at radius 1 is 1.15 bits per heavy atom. The first-order chi connectivity index (χ1) is 21.7. The number of amides is 1. The van der Waals surface area contributed by atoms with Crippen LogP contribution in [0.5, 0.6) is 5.75 Å². The summed E-state index contributed by atoms with van der Waals surface area (Å²) in [6.07, 6.45) is -1.45. The van der Waals surface area contributed by atoms with Gasteiger partial charge in [-0.1, -0.05) is 58.0 Å². The number of para-hydroxylation sites is 1. The predicted molar refractivity (Wildman–Crippen MR) is 166 cm³/mol. The third-order valence-corrected chi connectivity index (χ3v) is 10.2. The fourth-order valence-electron chi connectivity index (χ4n) is 6.83. The smallest absolute Gasteiger partial charge is 0.360 e. The number of anilines is 1. The predicted octanol–water partition coefficient (Wildman–Crippen LogP) is 3.26. The number of carbonyl (C=O) groups excluding carboxylic acids is 3. The number of nitrogens with zero attached hydrogens (tertiary/aromatic N) is 2. The Kier molecular flexibility index (Phi) is 7.75. The number of ketones is 1. The van der Waals surface area contributed by atoms with Gasteiger partial charge >= 0.3 is 5.97 Å². The minimum absolute atomic E-state index is 0.0135. The molecule has 4 bridgehead atoms. The molecule has 2 aromatic carbocycles. The summed E-state index contributed by atoms with van der Waals surface area (Å²) in [5, 5.41) is 13.5. The first kappa shape index (κ1) is 31.7. The van der Waals surface area contributed by atoms with Crippen LogP contribution in [0.15, 0.2) is 46.9 Å². The molecule has 4 heterocycles. The van der Waals surface area contributed by atoms with Crippen LogP contribution in [0.3, 0.4) is 0 Å². The molecule has 12 nitrogen and oxygen atoms in total. The van der Waals surface area contributed by atoms with Crippen LogP contribution in [0.2, 0.25) is 0 Å². The average molecular weight is 652 g/mol. The number of ether oxygens (including phenoxy) is 2. The lowest BCUT2D eigenvalue weighted by molar-refractivity contribution is -0.135. The van der Waals surface area contributed by atoms with Crippen LogP contribution >= 0.6 is 0 Å². The molecule has 1 aromatic heterocycles. The molecule has 5 atom stereocenters. The molecule has 1 spiro atoms. The molecule has 3 aliphatic rings. The zero-order valence-electron chi connectivity index (χ0n) is 26.4. The van der Waals surface area contributed by atoms with Gasteiger partial charge in [-0.25, -0.2) is 22.5 Å². The van der Waals surface area contributed by atoms with Gasteiger partial charge in [0.2, 0.25) is 28.0 Å². The second kappa shape index (κ2) is 11.2. The molecule has 0 saturated heterocycles. The number of sulfonamides is 1. The van der Waals surface area contributed by atoms with E-state index in [0.29, 0.717) is 28.1 Å². The summed E-state index contributed by atoms with van der Waals surface area (Å²) < 4.78 is 46.1. The van der Waals surface area contributed by atoms with E-state index in [1.54, 1.807) is 56.3 Å². The number of fused-ring (bicyclic) bond motifs is 4. The van der Waals surface area contributed by atoms with Crippen molar-refractivity contribution in [2.75, 3.05) is 17.7 Å². The molecule has 1 amide bonds. The first-order valence-electron chi connectivity index (χ1n) is 15.2. The van der Waals surface area contributed by atoms with E-state index in [0.717, 1.165) is 6.26 Å². The number of Topliss-reactive ketones (excluding diaryl/α,β-unsaturated/α-hetero) is 1. The van der Waals surface area contributed by atoms with Gasteiger partial charge in [0.05, 0.1) is 19.1 Å². The Labute approximate surface area is 267 Å². The van der Waals surface area contributed by atoms with Crippen LogP contribution in [-0.2, 0) is 36.2 Å². The number of esters is 1. The molecule has 2 unspecified atom stereocenters. The second-order valence-electron chi connectivity index (χ2n) is 12.9. The van der Waals surface area contributed by atoms with Gasteiger partial charge in [0.15, 0.2) is 17.2 Å². The first-order valence-corrected chi connectivity index (χ1v) is 17.0. The highest BCUT2D eigenvalue weighted by molar-refractivity contribution is 7.92. The summed E-state index contributed by atoms with van der Waals surface area (Å²) in [4.78, 5) is 45.0. The summed E-state index contributed by atoms with van der Waals surface area (Å²) in [5.41, 5.74) is 0.362. The molecule has 6 rings (SSSR count). The van der Waals surface area contributed by atoms with Crippen molar-refractivity contribution < 1.29 is 41.8 Å². The van der Waals surface area contributed by atoms with Gasteiger partial charge in [0.25, 0.3) is 0 Å². The summed E-state index contributed by atoms with van der Waals surface area (Å²) in [6, 6.07) is 11.3. The fraction of sp³-hybridized carbons (Fsp3) is 0.455. The molecular weight excluding hydrogens is 614 g/mol. The van der Waals surface area contributed by atoms with Gasteiger partial charge in [0, 0.05) is 23.5 Å². The molecule has 244 valence electrons. The Morgan fingerprint density at radius 2 is 1.87 bits per heavy atom. The van der Waals surface area contributed by atoms with Crippen LogP contribution in [0.25, 0.3) is 0 Å². The van der Waals surface area contributed by atoms with Crippen molar-refractivity contribution in [1.29, 1.82) is 0 Å². The third-order valence-electron chi connectivity index (χ3n) is 9.09. The van der Waals surface area contributed by atoms with E-state index in [9.17, 15) is 27.9 Å². The monoisotopic (exact) mass is 651 g/mol. The number of carbonyl (C=O) groups is 3. The summed E-state index contributed by atoms with van der Waals surface area (Å²) in [6.45, 7) is 7.15. The van der Waals surface area contributed by atoms with Crippen molar-refractivity contribution in [2.45, 2.75) is 64.3 Å². The number of hydrogen-bond acceptors (Lipinski definition) is 10. The Morgan fingerprint density at radius 3 is 2.52 bits per heavy atom. The zero-order valence-corrected chi connectivity index (χ0v) is 27.3. The van der Waals surface area contributed by atoms with Crippen LogP contribution in [0, 0.1) is 17.8 Å². The molecule has 0 aliphatic carbocycles. The van der Waals surface area contributed by atoms with E-state index < -0.39 is 57.4 Å². The topological polar surface area (TPSA) is 165 Å². The van der Waals surface area contributed by atoms with Gasteiger partial charge in [-0.2, -0.15) is 0 Å². The van der Waals surface area contributed by atoms with Gasteiger partial charge < -0.3 is 24.3 Å². The number of hydrogen-bond donors (Lipinski definition) is 2. The minimum atomic E-state index is -3.94. The number of aliphatic hydroxyl groups is 1. The summed E-state index contributed by atoms with van der Waals surface area (Å²) in [7, 11) is -2.73. The highest BCUT2D eigenvalue weighted by Crippen LogP contribution is 2.61. The van der Waals surface area contributed by atoms with Crippen LogP contribution in [0.4, 0.5) is 5.69 Å². The lowest BCUT2D eigenvalue weighted by atomic mass is 9.72. The Bertz CT molecular complexity index is 1850. The Balaban J connectivity index is 1.66. The highest BCUT2D eigenvalue weighted by atomic mass is 32.2. The molecule has 0 saturated carbocycles. The van der Waals surface area contributed by atoms with Crippen LogP contribution < -0.4 is 14.4 Å². The van der Waals surface area contributed by atoms with Crippen molar-refractivity contribution in [3.8, 4) is 5.75 Å². The minimum Gasteiger partial charge on any atom is -0.467 e. The number of methoxy groups -OCH3 is 1. The number of oxazole rings is 1. The van der Waals surface area contributed by atoms with E-state index in [-0.39, 0.29) is 42.0 Å². The number of rotatable bonds is 7. The van der Waals surface area contributed by atoms with E-state index in [2.05, 4.69) is 10.3 Å². The molecule has 0 radical (unpaired) electrons. The van der Waals surface area contributed by atoms with E-state index in [1.807, 2.05) is 13.8 Å². The zero-order chi connectivity index (χ0) is 33.3. The summed E-state index contributed by atoms with van der Waals surface area (Å²) >= 11 is 0. The maximum Gasteiger partial charge on any atom is 0.360 e. The van der Waals surface area contributed by atoms with Crippen molar-refractivity contribution in [3.63, 3.8) is 0 Å². The molecule has 2 N–H and O–H groups in total. The van der Waals surface area contributed by atoms with E-state index >= 15 is 0 Å². The lowest BCUT2D eigenvalue weighted by Gasteiger charge is -2.30. The number of aromatic nitrogens is 1. The number of benzene rings is 2. The maximum absolute atomic E-state index is 13.9. The lowest BCUT2D eigenvalue weighted by Crippen LogP contribution is -2.48. The average Bonchev–Trinajstić information content (AvgIpc) is 3.65. The van der Waals surface area contributed by atoms with Gasteiger partial charge in [-0.05, 0) is 36.0 Å². The molecule has 13 heteroatoms. The van der Waals surface area contributed by atoms with Gasteiger partial charge in [0.1, 0.15) is 23.3 Å². The normalized spacial score (nSPS) is 24.0. The standard InChI is InChI=1S/C33H37N3O9S/c1-16(2)25-30-35-26(31(40)43-5)28(45-30)33-20-9-7-8-10-22(20)36(46(6,41)42)32(33)44-24-12-11-18(14-21(24)33)13-19(29(39)34-25)15-23(37)27(38)17(3)4/h7-12,14,16-17,19,25,27,32,38H,13,15H2,1-6H3,(H,34,39)/t19?,25-,27-,32-,33?/m0/s1. The fourth-order valence-corrected chi connectivity index (χ4v) is 7.89. The maximum atomic E-state index is 13.9. The van der Waals surface area contributed by atoms with Gasteiger partial charge in [-0.15, -0.1) is 0 Å². The van der Waals surface area contributed by atoms with Crippen LogP contribution in [0.1, 0.15) is 79.0 Å². The van der Waals surface area contributed by atoms with Crippen molar-refractivity contribution in [3.05, 3.63) is 76.5 Å².